The van der Waals surface area contributed by atoms with Gasteiger partial charge in [-0.15, -0.1) is 0 Å². The number of methoxy groups -OCH3 is 1. The average molecular weight is 498 g/mol. The number of benzene rings is 2. The first kappa shape index (κ1) is 24.5. The number of nitriles is 1. The Bertz CT molecular complexity index is 1430. The third kappa shape index (κ3) is 5.48. The maximum Gasteiger partial charge on any atom is 0.251 e. The number of hydrogen-bond donors (Lipinski definition) is 1. The average Bonchev–Trinajstić information content (AvgIpc) is 3.39. The first-order chi connectivity index (χ1) is 18.2. The van der Waals surface area contributed by atoms with Crippen LogP contribution in [0.15, 0.2) is 65.2 Å². The largest absolute Gasteiger partial charge is 0.489 e. The molecule has 37 heavy (non-hydrogen) atoms. The van der Waals surface area contributed by atoms with Gasteiger partial charge in [-0.05, 0) is 35.9 Å². The fourth-order valence-electron chi connectivity index (χ4n) is 4.32. The SMILES string of the molecule is COCCNC(=O)c1ccc(-c2cc3nccc(-c4ccc(OC5CCOCC5)c(C#N)c4)c3o2)cc1. The zero-order valence-corrected chi connectivity index (χ0v) is 20.5. The Morgan fingerprint density at radius 3 is 2.65 bits per heavy atom. The molecule has 4 aromatic rings. The summed E-state index contributed by atoms with van der Waals surface area (Å²) in [5, 5.41) is 12.6. The van der Waals surface area contributed by atoms with Crippen LogP contribution in [0.4, 0.5) is 0 Å². The van der Waals surface area contributed by atoms with Crippen LogP contribution in [0.25, 0.3) is 33.6 Å². The molecule has 8 nitrogen and oxygen atoms in total. The molecule has 2 aromatic heterocycles. The summed E-state index contributed by atoms with van der Waals surface area (Å²) in [6.45, 7) is 2.25. The maximum absolute atomic E-state index is 12.3. The highest BCUT2D eigenvalue weighted by molar-refractivity contribution is 5.95. The number of nitrogens with one attached hydrogen (secondary N) is 1. The molecule has 3 heterocycles. The molecule has 0 aliphatic carbocycles. The molecule has 1 aliphatic rings. The lowest BCUT2D eigenvalue weighted by Gasteiger charge is -2.23. The van der Waals surface area contributed by atoms with E-state index in [1.807, 2.05) is 42.5 Å². The second-order valence-electron chi connectivity index (χ2n) is 8.76. The Morgan fingerprint density at radius 1 is 1.11 bits per heavy atom. The van der Waals surface area contributed by atoms with E-state index in [0.29, 0.717) is 60.1 Å². The number of hydrogen-bond acceptors (Lipinski definition) is 7. The van der Waals surface area contributed by atoms with Crippen LogP contribution in [0.1, 0.15) is 28.8 Å². The molecular formula is C29H27N3O5. The Kier molecular flexibility index (Phi) is 7.45. The summed E-state index contributed by atoms with van der Waals surface area (Å²) >= 11 is 0. The quantitative estimate of drug-likeness (QED) is 0.343. The van der Waals surface area contributed by atoms with Crippen molar-refractivity contribution < 1.29 is 23.4 Å². The van der Waals surface area contributed by atoms with Crippen molar-refractivity contribution in [2.45, 2.75) is 18.9 Å². The molecule has 1 N–H and O–H groups in total. The van der Waals surface area contributed by atoms with Crippen LogP contribution in [0.3, 0.4) is 0 Å². The summed E-state index contributed by atoms with van der Waals surface area (Å²) in [5.41, 5.74) is 4.86. The van der Waals surface area contributed by atoms with Gasteiger partial charge in [0.15, 0.2) is 5.58 Å². The van der Waals surface area contributed by atoms with Crippen molar-refractivity contribution in [1.82, 2.24) is 10.3 Å². The van der Waals surface area contributed by atoms with Crippen molar-refractivity contribution in [3.8, 4) is 34.3 Å². The van der Waals surface area contributed by atoms with Crippen LogP contribution < -0.4 is 10.1 Å². The lowest BCUT2D eigenvalue weighted by atomic mass is 10.0. The highest BCUT2D eigenvalue weighted by Gasteiger charge is 2.19. The molecular weight excluding hydrogens is 470 g/mol. The Balaban J connectivity index is 1.40. The number of ether oxygens (including phenoxy) is 3. The van der Waals surface area contributed by atoms with Crippen LogP contribution in [0.5, 0.6) is 5.75 Å². The highest BCUT2D eigenvalue weighted by Crippen LogP contribution is 2.35. The normalized spacial score (nSPS) is 13.8. The van der Waals surface area contributed by atoms with Crippen LogP contribution in [-0.4, -0.2) is 50.5 Å². The summed E-state index contributed by atoms with van der Waals surface area (Å²) in [4.78, 5) is 16.7. The second kappa shape index (κ2) is 11.2. The van der Waals surface area contributed by atoms with Gasteiger partial charge in [0.25, 0.3) is 5.91 Å². The third-order valence-corrected chi connectivity index (χ3v) is 6.31. The minimum absolute atomic E-state index is 0.0507. The van der Waals surface area contributed by atoms with Gasteiger partial charge < -0.3 is 23.9 Å². The van der Waals surface area contributed by atoms with Crippen molar-refractivity contribution in [2.75, 3.05) is 33.5 Å². The summed E-state index contributed by atoms with van der Waals surface area (Å²) in [6, 6.07) is 18.8. The summed E-state index contributed by atoms with van der Waals surface area (Å²) < 4.78 is 22.7. The van der Waals surface area contributed by atoms with E-state index >= 15 is 0 Å². The van der Waals surface area contributed by atoms with Gasteiger partial charge in [-0.1, -0.05) is 18.2 Å². The summed E-state index contributed by atoms with van der Waals surface area (Å²) in [6.07, 6.45) is 3.40. The Hall–Kier alpha value is -4.19. The second-order valence-corrected chi connectivity index (χ2v) is 8.76. The van der Waals surface area contributed by atoms with E-state index in [0.717, 1.165) is 29.5 Å². The summed E-state index contributed by atoms with van der Waals surface area (Å²) in [5.74, 6) is 1.06. The number of fused-ring (bicyclic) bond motifs is 1. The molecule has 0 radical (unpaired) electrons. The molecule has 0 unspecified atom stereocenters. The van der Waals surface area contributed by atoms with Crippen molar-refractivity contribution >= 4 is 17.0 Å². The predicted molar refractivity (Wildman–Crippen MR) is 138 cm³/mol. The first-order valence-electron chi connectivity index (χ1n) is 12.2. The zero-order valence-electron chi connectivity index (χ0n) is 20.5. The Labute approximate surface area is 214 Å². The molecule has 0 atom stereocenters. The van der Waals surface area contributed by atoms with E-state index in [1.54, 1.807) is 25.4 Å². The van der Waals surface area contributed by atoms with E-state index in [1.165, 1.54) is 0 Å². The predicted octanol–water partition coefficient (Wildman–Crippen LogP) is 4.97. The third-order valence-electron chi connectivity index (χ3n) is 6.31. The molecule has 0 bridgehead atoms. The number of furan rings is 1. The molecule has 1 fully saturated rings. The number of rotatable bonds is 8. The topological polar surface area (TPSA) is 107 Å². The molecule has 1 amide bonds. The van der Waals surface area contributed by atoms with Crippen molar-refractivity contribution in [3.63, 3.8) is 0 Å². The van der Waals surface area contributed by atoms with Gasteiger partial charge in [0.1, 0.15) is 29.2 Å². The van der Waals surface area contributed by atoms with Gasteiger partial charge >= 0.3 is 0 Å². The molecule has 2 aromatic carbocycles. The van der Waals surface area contributed by atoms with E-state index in [2.05, 4.69) is 16.4 Å². The number of pyridine rings is 1. The number of amides is 1. The summed E-state index contributed by atoms with van der Waals surface area (Å²) in [7, 11) is 1.59. The minimum Gasteiger partial charge on any atom is -0.489 e. The number of carbonyl (C=O) groups excluding carboxylic acids is 1. The number of carbonyl (C=O) groups is 1. The lowest BCUT2D eigenvalue weighted by molar-refractivity contribution is 0.0254. The van der Waals surface area contributed by atoms with E-state index in [-0.39, 0.29) is 12.0 Å². The number of aromatic nitrogens is 1. The Morgan fingerprint density at radius 2 is 1.89 bits per heavy atom. The zero-order chi connectivity index (χ0) is 25.6. The van der Waals surface area contributed by atoms with Crippen molar-refractivity contribution in [2.24, 2.45) is 0 Å². The van der Waals surface area contributed by atoms with Crippen LogP contribution in [0, 0.1) is 11.3 Å². The van der Waals surface area contributed by atoms with E-state index in [4.69, 9.17) is 18.6 Å². The molecule has 5 rings (SSSR count). The monoisotopic (exact) mass is 497 g/mol. The van der Waals surface area contributed by atoms with Gasteiger partial charge in [-0.2, -0.15) is 5.26 Å². The fourth-order valence-corrected chi connectivity index (χ4v) is 4.32. The van der Waals surface area contributed by atoms with Gasteiger partial charge in [0.05, 0.1) is 25.4 Å². The van der Waals surface area contributed by atoms with Crippen molar-refractivity contribution in [3.05, 3.63) is 71.9 Å². The standard InChI is InChI=1S/C29H27N3O5/c1-34-15-12-32-29(33)20-4-2-19(3-5-20)27-17-25-28(37-27)24(8-11-31-25)21-6-7-26(22(16-21)18-30)36-23-9-13-35-14-10-23/h2-8,11,16-17,23H,9-10,12-15H2,1H3,(H,32,33). The van der Waals surface area contributed by atoms with Gasteiger partial charge in [0.2, 0.25) is 0 Å². The van der Waals surface area contributed by atoms with Gasteiger partial charge in [-0.3, -0.25) is 9.78 Å². The number of nitrogens with zero attached hydrogens (tertiary/aromatic N) is 2. The maximum atomic E-state index is 12.3. The van der Waals surface area contributed by atoms with Crippen LogP contribution in [0.2, 0.25) is 0 Å². The van der Waals surface area contributed by atoms with E-state index in [9.17, 15) is 10.1 Å². The molecule has 8 heteroatoms. The molecule has 0 saturated carbocycles. The minimum atomic E-state index is -0.158. The van der Waals surface area contributed by atoms with Crippen LogP contribution >= 0.6 is 0 Å². The molecule has 0 spiro atoms. The van der Waals surface area contributed by atoms with Gasteiger partial charge in [-0.25, -0.2) is 0 Å². The lowest BCUT2D eigenvalue weighted by Crippen LogP contribution is -2.26. The smallest absolute Gasteiger partial charge is 0.251 e. The van der Waals surface area contributed by atoms with Gasteiger partial charge in [0, 0.05) is 55.4 Å². The fraction of sp³-hybridized carbons (Fsp3) is 0.276. The van der Waals surface area contributed by atoms with Crippen LogP contribution in [-0.2, 0) is 9.47 Å². The molecule has 1 saturated heterocycles. The van der Waals surface area contributed by atoms with E-state index < -0.39 is 0 Å². The molecule has 1 aliphatic heterocycles. The molecule has 188 valence electrons. The van der Waals surface area contributed by atoms with Crippen molar-refractivity contribution in [1.29, 1.82) is 5.26 Å². The highest BCUT2D eigenvalue weighted by atomic mass is 16.5. The first-order valence-corrected chi connectivity index (χ1v) is 12.2.